The Bertz CT molecular complexity index is 793. The van der Waals surface area contributed by atoms with Gasteiger partial charge in [0, 0.05) is 4.88 Å². The van der Waals surface area contributed by atoms with E-state index in [0.717, 1.165) is 28.8 Å². The van der Waals surface area contributed by atoms with Gasteiger partial charge in [0.15, 0.2) is 0 Å². The van der Waals surface area contributed by atoms with E-state index in [1.165, 1.54) is 23.5 Å². The van der Waals surface area contributed by atoms with Gasteiger partial charge in [-0.05, 0) is 49.1 Å². The fraction of sp³-hybridized carbons (Fsp3) is 0.312. The number of aryl methyl sites for hydroxylation is 3. The fourth-order valence-corrected chi connectivity index (χ4v) is 3.97. The highest BCUT2D eigenvalue weighted by atomic mass is 32.2. The zero-order valence-electron chi connectivity index (χ0n) is 13.3. The van der Waals surface area contributed by atoms with Gasteiger partial charge in [-0.25, -0.2) is 8.42 Å². The van der Waals surface area contributed by atoms with E-state index < -0.39 is 15.9 Å². The molecule has 1 amide bonds. The minimum atomic E-state index is -3.77. The second kappa shape index (κ2) is 7.25. The van der Waals surface area contributed by atoms with Crippen LogP contribution in [0.4, 0.5) is 0 Å². The SMILES string of the molecule is CCc1ccc(S(=O)(=O)NNC(=O)c2cc(C)c(CC)s2)cc1. The minimum absolute atomic E-state index is 0.117. The average Bonchev–Trinajstić information content (AvgIpc) is 2.93. The van der Waals surface area contributed by atoms with Gasteiger partial charge >= 0.3 is 0 Å². The Kier molecular flexibility index (Phi) is 5.56. The van der Waals surface area contributed by atoms with Crippen molar-refractivity contribution in [2.45, 2.75) is 38.5 Å². The molecular formula is C16H20N2O3S2. The van der Waals surface area contributed by atoms with Crippen LogP contribution in [0.3, 0.4) is 0 Å². The van der Waals surface area contributed by atoms with E-state index >= 15 is 0 Å². The van der Waals surface area contributed by atoms with Crippen LogP contribution in [0.15, 0.2) is 35.2 Å². The van der Waals surface area contributed by atoms with E-state index in [-0.39, 0.29) is 4.90 Å². The molecule has 0 aliphatic carbocycles. The number of sulfonamides is 1. The molecule has 0 aliphatic rings. The van der Waals surface area contributed by atoms with Gasteiger partial charge in [0.25, 0.3) is 15.9 Å². The van der Waals surface area contributed by atoms with Gasteiger partial charge < -0.3 is 0 Å². The summed E-state index contributed by atoms with van der Waals surface area (Å²) in [6.45, 7) is 5.95. The van der Waals surface area contributed by atoms with Gasteiger partial charge in [0.2, 0.25) is 0 Å². The van der Waals surface area contributed by atoms with Crippen molar-refractivity contribution in [2.24, 2.45) is 0 Å². The monoisotopic (exact) mass is 352 g/mol. The Morgan fingerprint density at radius 3 is 2.30 bits per heavy atom. The van der Waals surface area contributed by atoms with Gasteiger partial charge in [0.05, 0.1) is 9.77 Å². The number of carbonyl (C=O) groups is 1. The third kappa shape index (κ3) is 4.19. The first-order valence-electron chi connectivity index (χ1n) is 7.37. The number of hydrogen-bond donors (Lipinski definition) is 2. The van der Waals surface area contributed by atoms with Crippen LogP contribution in [0, 0.1) is 6.92 Å². The molecule has 0 bridgehead atoms. The van der Waals surface area contributed by atoms with Crippen molar-refractivity contribution in [2.75, 3.05) is 0 Å². The summed E-state index contributed by atoms with van der Waals surface area (Å²) in [5, 5.41) is 0. The van der Waals surface area contributed by atoms with Gasteiger partial charge in [-0.2, -0.15) is 0 Å². The molecule has 0 fully saturated rings. The molecular weight excluding hydrogens is 332 g/mol. The topological polar surface area (TPSA) is 75.3 Å². The van der Waals surface area contributed by atoms with Crippen molar-refractivity contribution in [3.8, 4) is 0 Å². The molecule has 0 atom stereocenters. The van der Waals surface area contributed by atoms with E-state index in [1.807, 2.05) is 20.8 Å². The van der Waals surface area contributed by atoms with Crippen LogP contribution < -0.4 is 10.3 Å². The molecule has 0 aliphatic heterocycles. The maximum absolute atomic E-state index is 12.2. The molecule has 2 aromatic rings. The number of hydrazine groups is 1. The highest BCUT2D eigenvalue weighted by Gasteiger charge is 2.17. The van der Waals surface area contributed by atoms with Gasteiger partial charge in [-0.15, -0.1) is 16.2 Å². The van der Waals surface area contributed by atoms with Crippen molar-refractivity contribution in [3.63, 3.8) is 0 Å². The summed E-state index contributed by atoms with van der Waals surface area (Å²) in [5.41, 5.74) is 4.36. The number of carbonyl (C=O) groups excluding carboxylic acids is 1. The number of nitrogens with one attached hydrogen (secondary N) is 2. The molecule has 1 heterocycles. The average molecular weight is 352 g/mol. The van der Waals surface area contributed by atoms with Crippen LogP contribution >= 0.6 is 11.3 Å². The van der Waals surface area contributed by atoms with Gasteiger partial charge in [-0.3, -0.25) is 10.2 Å². The second-order valence-corrected chi connectivity index (χ2v) is 7.95. The lowest BCUT2D eigenvalue weighted by Gasteiger charge is -2.08. The highest BCUT2D eigenvalue weighted by molar-refractivity contribution is 7.89. The molecule has 1 aromatic heterocycles. The Labute approximate surface area is 140 Å². The first-order valence-corrected chi connectivity index (χ1v) is 9.67. The number of benzene rings is 1. The van der Waals surface area contributed by atoms with Crippen LogP contribution in [0.2, 0.25) is 0 Å². The molecule has 0 radical (unpaired) electrons. The number of thiophene rings is 1. The molecule has 7 heteroatoms. The van der Waals surface area contributed by atoms with Crippen molar-refractivity contribution in [1.29, 1.82) is 0 Å². The summed E-state index contributed by atoms with van der Waals surface area (Å²) in [5.74, 6) is -0.452. The van der Waals surface area contributed by atoms with Crippen LogP contribution in [0.1, 0.15) is 39.5 Å². The molecule has 0 saturated carbocycles. The molecule has 0 spiro atoms. The molecule has 124 valence electrons. The standard InChI is InChI=1S/C16H20N2O3S2/c1-4-12-6-8-13(9-7-12)23(20,21)18-17-16(19)15-10-11(3)14(5-2)22-15/h6-10,18H,4-5H2,1-3H3,(H,17,19). The summed E-state index contributed by atoms with van der Waals surface area (Å²) in [6, 6.07) is 8.33. The molecule has 23 heavy (non-hydrogen) atoms. The van der Waals surface area contributed by atoms with Gasteiger partial charge in [-0.1, -0.05) is 26.0 Å². The summed E-state index contributed by atoms with van der Waals surface area (Å²) in [7, 11) is -3.77. The summed E-state index contributed by atoms with van der Waals surface area (Å²) < 4.78 is 24.3. The van der Waals surface area contributed by atoms with Crippen LogP contribution in [-0.2, 0) is 22.9 Å². The molecule has 1 aromatic carbocycles. The second-order valence-electron chi connectivity index (χ2n) is 5.13. The lowest BCUT2D eigenvalue weighted by atomic mass is 10.2. The van der Waals surface area contributed by atoms with Gasteiger partial charge in [0.1, 0.15) is 0 Å². The highest BCUT2D eigenvalue weighted by Crippen LogP contribution is 2.22. The van der Waals surface area contributed by atoms with Crippen molar-refractivity contribution < 1.29 is 13.2 Å². The van der Waals surface area contributed by atoms with Crippen molar-refractivity contribution in [1.82, 2.24) is 10.3 Å². The summed E-state index contributed by atoms with van der Waals surface area (Å²) in [4.78, 5) is 15.9. The predicted octanol–water partition coefficient (Wildman–Crippen LogP) is 2.80. The van der Waals surface area contributed by atoms with E-state index in [4.69, 9.17) is 0 Å². The Balaban J connectivity index is 2.07. The predicted molar refractivity (Wildman–Crippen MR) is 92.0 cm³/mol. The number of rotatable bonds is 6. The normalized spacial score (nSPS) is 11.4. The molecule has 0 unspecified atom stereocenters. The van der Waals surface area contributed by atoms with E-state index in [1.54, 1.807) is 18.2 Å². The number of hydrogen-bond acceptors (Lipinski definition) is 4. The van der Waals surface area contributed by atoms with Crippen LogP contribution in [0.25, 0.3) is 0 Å². The largest absolute Gasteiger partial charge is 0.276 e. The lowest BCUT2D eigenvalue weighted by molar-refractivity contribution is 0.0949. The fourth-order valence-electron chi connectivity index (χ4n) is 2.12. The Hall–Kier alpha value is -1.70. The minimum Gasteiger partial charge on any atom is -0.273 e. The van der Waals surface area contributed by atoms with Crippen LogP contribution in [-0.4, -0.2) is 14.3 Å². The van der Waals surface area contributed by atoms with Crippen molar-refractivity contribution >= 4 is 27.3 Å². The maximum atomic E-state index is 12.2. The molecule has 2 rings (SSSR count). The third-order valence-corrected chi connectivity index (χ3v) is 6.15. The zero-order chi connectivity index (χ0) is 17.0. The first kappa shape index (κ1) is 17.7. The Morgan fingerprint density at radius 2 is 1.78 bits per heavy atom. The number of amides is 1. The smallest absolute Gasteiger partial charge is 0.273 e. The summed E-state index contributed by atoms with van der Waals surface area (Å²) >= 11 is 1.37. The van der Waals surface area contributed by atoms with E-state index in [0.29, 0.717) is 4.88 Å². The Morgan fingerprint density at radius 1 is 1.13 bits per heavy atom. The molecule has 5 nitrogen and oxygen atoms in total. The maximum Gasteiger partial charge on any atom is 0.276 e. The van der Waals surface area contributed by atoms with E-state index in [9.17, 15) is 13.2 Å². The summed E-state index contributed by atoms with van der Waals surface area (Å²) in [6.07, 6.45) is 1.68. The zero-order valence-corrected chi connectivity index (χ0v) is 15.0. The van der Waals surface area contributed by atoms with E-state index in [2.05, 4.69) is 10.3 Å². The van der Waals surface area contributed by atoms with Crippen molar-refractivity contribution in [3.05, 3.63) is 51.2 Å². The third-order valence-electron chi connectivity index (χ3n) is 3.51. The molecule has 2 N–H and O–H groups in total. The first-order chi connectivity index (χ1) is 10.9. The molecule has 0 saturated heterocycles. The van der Waals surface area contributed by atoms with Crippen LogP contribution in [0.5, 0.6) is 0 Å². The lowest BCUT2D eigenvalue weighted by Crippen LogP contribution is -2.41. The quantitative estimate of drug-likeness (QED) is 0.785.